The van der Waals surface area contributed by atoms with Crippen LogP contribution < -0.4 is 10.1 Å². The molecule has 0 fully saturated rings. The molecular formula is C21H17FN6O. The number of fused-ring (bicyclic) bond motifs is 1. The first-order valence-corrected chi connectivity index (χ1v) is 8.90. The third kappa shape index (κ3) is 3.84. The van der Waals surface area contributed by atoms with E-state index in [0.29, 0.717) is 41.4 Å². The molecule has 2 N–H and O–H groups in total. The van der Waals surface area contributed by atoms with E-state index in [2.05, 4.69) is 31.3 Å². The number of hydrogen-bond donors (Lipinski definition) is 2. The summed E-state index contributed by atoms with van der Waals surface area (Å²) in [7, 11) is 1.49. The Hall–Kier alpha value is -3.99. The molecule has 4 heterocycles. The Kier molecular flexibility index (Phi) is 5.03. The minimum absolute atomic E-state index is 0.333. The molecule has 0 saturated carbocycles. The molecule has 4 rings (SSSR count). The number of aromatic amines is 1. The van der Waals surface area contributed by atoms with Crippen LogP contribution in [0.3, 0.4) is 0 Å². The number of nitrogens with one attached hydrogen (secondary N) is 2. The van der Waals surface area contributed by atoms with E-state index in [1.165, 1.54) is 13.2 Å². The van der Waals surface area contributed by atoms with Crippen LogP contribution in [0.4, 0.5) is 10.2 Å². The topological polar surface area (TPSA) is 99.5 Å². The van der Waals surface area contributed by atoms with Crippen LogP contribution in [0.1, 0.15) is 22.3 Å². The maximum absolute atomic E-state index is 13.4. The van der Waals surface area contributed by atoms with Crippen molar-refractivity contribution in [2.24, 2.45) is 0 Å². The summed E-state index contributed by atoms with van der Waals surface area (Å²) in [6.07, 6.45) is 6.99. The molecule has 8 heteroatoms. The summed E-state index contributed by atoms with van der Waals surface area (Å²) >= 11 is 0. The fourth-order valence-electron chi connectivity index (χ4n) is 3.17. The first kappa shape index (κ1) is 18.4. The zero-order valence-corrected chi connectivity index (χ0v) is 15.6. The van der Waals surface area contributed by atoms with E-state index >= 15 is 0 Å². The zero-order chi connectivity index (χ0) is 20.2. The highest BCUT2D eigenvalue weighted by molar-refractivity contribution is 5.86. The molecule has 4 aromatic heterocycles. The lowest BCUT2D eigenvalue weighted by Gasteiger charge is -2.10. The van der Waals surface area contributed by atoms with Gasteiger partial charge in [0, 0.05) is 42.5 Å². The van der Waals surface area contributed by atoms with Crippen LogP contribution in [0.15, 0.2) is 49.1 Å². The van der Waals surface area contributed by atoms with Crippen molar-refractivity contribution in [3.63, 3.8) is 0 Å². The molecular weight excluding hydrogens is 371 g/mol. The third-order valence-corrected chi connectivity index (χ3v) is 4.54. The average Bonchev–Trinajstić information content (AvgIpc) is 3.16. The van der Waals surface area contributed by atoms with Crippen LogP contribution in [0, 0.1) is 17.1 Å². The van der Waals surface area contributed by atoms with Gasteiger partial charge in [-0.25, -0.2) is 19.3 Å². The molecule has 0 bridgehead atoms. The predicted octanol–water partition coefficient (Wildman–Crippen LogP) is 3.58. The molecule has 0 aliphatic carbocycles. The van der Waals surface area contributed by atoms with Crippen molar-refractivity contribution in [3.05, 3.63) is 77.1 Å². The fraction of sp³-hybridized carbons (Fsp3) is 0.143. The van der Waals surface area contributed by atoms with E-state index in [-0.39, 0.29) is 0 Å². The number of nitrogens with zero attached hydrogens (tertiary/aromatic N) is 4. The smallest absolute Gasteiger partial charge is 0.218 e. The van der Waals surface area contributed by atoms with Gasteiger partial charge in [0.2, 0.25) is 5.88 Å². The molecule has 0 atom stereocenters. The molecule has 0 aliphatic rings. The van der Waals surface area contributed by atoms with Crippen LogP contribution >= 0.6 is 0 Å². The maximum atomic E-state index is 13.4. The molecule has 0 amide bonds. The first-order valence-electron chi connectivity index (χ1n) is 8.90. The zero-order valence-electron chi connectivity index (χ0n) is 15.6. The maximum Gasteiger partial charge on any atom is 0.218 e. The number of methoxy groups -OCH3 is 1. The number of rotatable bonds is 6. The van der Waals surface area contributed by atoms with Gasteiger partial charge in [0.05, 0.1) is 24.9 Å². The van der Waals surface area contributed by atoms with Crippen molar-refractivity contribution in [2.75, 3.05) is 12.4 Å². The lowest BCUT2D eigenvalue weighted by Crippen LogP contribution is -2.05. The number of hydrogen-bond acceptors (Lipinski definition) is 6. The lowest BCUT2D eigenvalue weighted by molar-refractivity contribution is 0.391. The molecule has 0 aromatic carbocycles. The Morgan fingerprint density at radius 3 is 2.83 bits per heavy atom. The van der Waals surface area contributed by atoms with Gasteiger partial charge < -0.3 is 15.0 Å². The summed E-state index contributed by atoms with van der Waals surface area (Å²) < 4.78 is 18.6. The van der Waals surface area contributed by atoms with E-state index in [0.717, 1.165) is 22.7 Å². The summed E-state index contributed by atoms with van der Waals surface area (Å²) in [5, 5.41) is 13.3. The highest BCUT2D eigenvalue weighted by Crippen LogP contribution is 2.23. The van der Waals surface area contributed by atoms with Crippen molar-refractivity contribution in [2.45, 2.75) is 13.0 Å². The van der Waals surface area contributed by atoms with Crippen molar-refractivity contribution in [1.82, 2.24) is 19.9 Å². The van der Waals surface area contributed by atoms with Gasteiger partial charge in [0.15, 0.2) is 0 Å². The van der Waals surface area contributed by atoms with Crippen LogP contribution in [0.2, 0.25) is 0 Å². The Balaban J connectivity index is 1.48. The van der Waals surface area contributed by atoms with Gasteiger partial charge >= 0.3 is 0 Å². The molecule has 0 radical (unpaired) electrons. The SMILES string of the molecule is COc1ncc(F)cc1CNc1ccc(Cc2c[nH]c3nccc(C#N)c23)cn1. The van der Waals surface area contributed by atoms with E-state index in [9.17, 15) is 9.65 Å². The summed E-state index contributed by atoms with van der Waals surface area (Å²) in [5.41, 5.74) is 3.88. The Bertz CT molecular complexity index is 1200. The minimum atomic E-state index is -0.420. The average molecular weight is 388 g/mol. The number of H-pyrrole nitrogens is 1. The van der Waals surface area contributed by atoms with Crippen LogP contribution in [-0.2, 0) is 13.0 Å². The lowest BCUT2D eigenvalue weighted by atomic mass is 10.0. The number of anilines is 1. The highest BCUT2D eigenvalue weighted by atomic mass is 19.1. The van der Waals surface area contributed by atoms with Crippen LogP contribution in [-0.4, -0.2) is 27.0 Å². The van der Waals surface area contributed by atoms with Gasteiger partial charge in [-0.15, -0.1) is 0 Å². The van der Waals surface area contributed by atoms with Crippen molar-refractivity contribution < 1.29 is 9.13 Å². The second-order valence-electron chi connectivity index (χ2n) is 6.41. The normalized spacial score (nSPS) is 10.7. The van der Waals surface area contributed by atoms with Gasteiger partial charge in [-0.1, -0.05) is 6.07 Å². The molecule has 4 aromatic rings. The summed E-state index contributed by atoms with van der Waals surface area (Å²) in [4.78, 5) is 15.7. The van der Waals surface area contributed by atoms with Gasteiger partial charge in [0.25, 0.3) is 0 Å². The Morgan fingerprint density at radius 1 is 1.17 bits per heavy atom. The third-order valence-electron chi connectivity index (χ3n) is 4.54. The van der Waals surface area contributed by atoms with Gasteiger partial charge in [-0.2, -0.15) is 5.26 Å². The van der Waals surface area contributed by atoms with E-state index < -0.39 is 5.82 Å². The highest BCUT2D eigenvalue weighted by Gasteiger charge is 2.11. The summed E-state index contributed by atoms with van der Waals surface area (Å²) in [6, 6.07) is 9.11. The Morgan fingerprint density at radius 2 is 2.07 bits per heavy atom. The summed E-state index contributed by atoms with van der Waals surface area (Å²) in [6.45, 7) is 0.333. The molecule has 0 aliphatic heterocycles. The van der Waals surface area contributed by atoms with Crippen molar-refractivity contribution in [3.8, 4) is 11.9 Å². The summed E-state index contributed by atoms with van der Waals surface area (Å²) in [5.74, 6) is 0.603. The van der Waals surface area contributed by atoms with Crippen molar-refractivity contribution >= 4 is 16.9 Å². The van der Waals surface area contributed by atoms with Crippen LogP contribution in [0.5, 0.6) is 5.88 Å². The fourth-order valence-corrected chi connectivity index (χ4v) is 3.17. The number of aromatic nitrogens is 4. The molecule has 0 saturated heterocycles. The predicted molar refractivity (Wildman–Crippen MR) is 106 cm³/mol. The van der Waals surface area contributed by atoms with Gasteiger partial charge in [0.1, 0.15) is 17.3 Å². The van der Waals surface area contributed by atoms with E-state index in [1.807, 2.05) is 18.3 Å². The van der Waals surface area contributed by atoms with E-state index in [1.54, 1.807) is 18.5 Å². The number of ether oxygens (including phenoxy) is 1. The monoisotopic (exact) mass is 388 g/mol. The number of pyridine rings is 3. The number of nitriles is 1. The minimum Gasteiger partial charge on any atom is -0.481 e. The molecule has 144 valence electrons. The first-order chi connectivity index (χ1) is 14.2. The van der Waals surface area contributed by atoms with Gasteiger partial charge in [-0.05, 0) is 29.3 Å². The molecule has 29 heavy (non-hydrogen) atoms. The quantitative estimate of drug-likeness (QED) is 0.524. The second kappa shape index (κ2) is 7.94. The molecule has 0 unspecified atom stereocenters. The van der Waals surface area contributed by atoms with Crippen molar-refractivity contribution in [1.29, 1.82) is 5.26 Å². The Labute approximate surface area is 166 Å². The largest absolute Gasteiger partial charge is 0.481 e. The second-order valence-corrected chi connectivity index (χ2v) is 6.41. The van der Waals surface area contributed by atoms with Crippen LogP contribution in [0.25, 0.3) is 11.0 Å². The number of halogens is 1. The standard InChI is InChI=1S/C21H17FN6O/c1-29-21-16(7-17(22)12-28-21)11-26-18-3-2-13(9-25-18)6-15-10-27-20-19(15)14(8-23)4-5-24-20/h2-5,7,9-10,12H,6,11H2,1H3,(H,24,27)(H,25,26). The van der Waals surface area contributed by atoms with E-state index in [4.69, 9.17) is 4.74 Å². The molecule has 7 nitrogen and oxygen atoms in total. The van der Waals surface area contributed by atoms with Gasteiger partial charge in [-0.3, -0.25) is 0 Å². The molecule has 0 spiro atoms.